The first-order valence-corrected chi connectivity index (χ1v) is 8.58. The van der Waals surface area contributed by atoms with Gasteiger partial charge in [0.2, 0.25) is 5.91 Å². The summed E-state index contributed by atoms with van der Waals surface area (Å²) in [5.74, 6) is -3.98. The molecule has 6 nitrogen and oxygen atoms in total. The number of aliphatic hydroxyl groups is 1. The van der Waals surface area contributed by atoms with E-state index in [-0.39, 0.29) is 27.6 Å². The molecule has 2 unspecified atom stereocenters. The number of carbonyl (C=O) groups excluding carboxylic acids is 2. The summed E-state index contributed by atoms with van der Waals surface area (Å²) in [5, 5.41) is 14.1. The molecule has 29 heavy (non-hydrogen) atoms. The van der Waals surface area contributed by atoms with Crippen molar-refractivity contribution in [3.8, 4) is 5.75 Å². The summed E-state index contributed by atoms with van der Waals surface area (Å²) >= 11 is 6.02. The normalized spacial score (nSPS) is 21.2. The summed E-state index contributed by atoms with van der Waals surface area (Å²) < 4.78 is 49.8. The fourth-order valence-electron chi connectivity index (χ4n) is 3.37. The quantitative estimate of drug-likeness (QED) is 0.577. The lowest BCUT2D eigenvalue weighted by Gasteiger charge is -2.40. The maximum atomic E-state index is 13.3. The van der Waals surface area contributed by atoms with E-state index in [1.807, 2.05) is 0 Å². The molecule has 1 aliphatic rings. The van der Waals surface area contributed by atoms with E-state index in [4.69, 9.17) is 16.3 Å². The lowest BCUT2D eigenvalue weighted by atomic mass is 9.72. The van der Waals surface area contributed by atoms with Crippen molar-refractivity contribution in [2.75, 3.05) is 19.5 Å². The van der Waals surface area contributed by atoms with Gasteiger partial charge >= 0.3 is 12.1 Å². The minimum absolute atomic E-state index is 0.0175. The van der Waals surface area contributed by atoms with Gasteiger partial charge in [0.1, 0.15) is 11.4 Å². The van der Waals surface area contributed by atoms with Crippen molar-refractivity contribution in [3.05, 3.63) is 58.1 Å². The molecule has 0 bridgehead atoms. The molecule has 0 spiro atoms. The van der Waals surface area contributed by atoms with Gasteiger partial charge in [0, 0.05) is 21.8 Å². The summed E-state index contributed by atoms with van der Waals surface area (Å²) in [4.78, 5) is 25.0. The van der Waals surface area contributed by atoms with E-state index in [9.17, 15) is 27.9 Å². The molecule has 0 radical (unpaired) electrons. The van der Waals surface area contributed by atoms with Gasteiger partial charge < -0.3 is 19.9 Å². The molecule has 2 atom stereocenters. The standard InChI is InChI=1S/C19H15ClF3NO5/c1-28-14-6-4-10(20)8-12(14)18(27)11-7-9(19(21,22)23)3-5-13(11)24-16(25)15(18)17(26)29-2/h3-8,15,27H,1-2H3,(H,24,25). The van der Waals surface area contributed by atoms with E-state index in [1.165, 1.54) is 25.3 Å². The Balaban J connectivity index is 2.40. The van der Waals surface area contributed by atoms with Gasteiger partial charge in [0.15, 0.2) is 5.92 Å². The highest BCUT2D eigenvalue weighted by Crippen LogP contribution is 2.49. The summed E-state index contributed by atoms with van der Waals surface area (Å²) in [5.41, 5.74) is -4.20. The highest BCUT2D eigenvalue weighted by atomic mass is 35.5. The molecular formula is C19H15ClF3NO5. The number of methoxy groups -OCH3 is 2. The van der Waals surface area contributed by atoms with Crippen molar-refractivity contribution in [3.63, 3.8) is 0 Å². The number of hydrogen-bond acceptors (Lipinski definition) is 5. The zero-order valence-electron chi connectivity index (χ0n) is 15.1. The monoisotopic (exact) mass is 429 g/mol. The minimum atomic E-state index is -4.73. The van der Waals surface area contributed by atoms with Crippen LogP contribution in [-0.2, 0) is 26.1 Å². The fourth-order valence-corrected chi connectivity index (χ4v) is 3.54. The molecular weight excluding hydrogens is 415 g/mol. The second kappa shape index (κ2) is 7.23. The number of hydrogen-bond donors (Lipinski definition) is 2. The molecule has 0 aromatic heterocycles. The number of benzene rings is 2. The van der Waals surface area contributed by atoms with Gasteiger partial charge in [-0.2, -0.15) is 13.2 Å². The van der Waals surface area contributed by atoms with Crippen LogP contribution in [0, 0.1) is 5.92 Å². The Morgan fingerprint density at radius 3 is 2.45 bits per heavy atom. The average Bonchev–Trinajstić information content (AvgIpc) is 2.66. The Labute approximate surface area is 168 Å². The Morgan fingerprint density at radius 2 is 1.86 bits per heavy atom. The van der Waals surface area contributed by atoms with Crippen LogP contribution in [0.1, 0.15) is 16.7 Å². The summed E-state index contributed by atoms with van der Waals surface area (Å²) in [6.07, 6.45) is -4.73. The summed E-state index contributed by atoms with van der Waals surface area (Å²) in [6, 6.07) is 6.45. The Bertz CT molecular complexity index is 994. The first-order valence-electron chi connectivity index (χ1n) is 8.20. The maximum Gasteiger partial charge on any atom is 0.416 e. The van der Waals surface area contributed by atoms with Gasteiger partial charge in [0.25, 0.3) is 0 Å². The van der Waals surface area contributed by atoms with E-state index >= 15 is 0 Å². The van der Waals surface area contributed by atoms with Gasteiger partial charge in [-0.1, -0.05) is 11.6 Å². The van der Waals surface area contributed by atoms with Crippen LogP contribution >= 0.6 is 11.6 Å². The number of esters is 1. The molecule has 0 fully saturated rings. The largest absolute Gasteiger partial charge is 0.496 e. The van der Waals surface area contributed by atoms with Crippen molar-refractivity contribution in [2.24, 2.45) is 5.92 Å². The number of rotatable bonds is 3. The lowest BCUT2D eigenvalue weighted by Crippen LogP contribution is -2.52. The molecule has 0 saturated carbocycles. The molecule has 154 valence electrons. The molecule has 0 aliphatic carbocycles. The number of carbonyl (C=O) groups is 2. The Kier molecular flexibility index (Phi) is 5.22. The zero-order valence-corrected chi connectivity index (χ0v) is 15.9. The third-order valence-corrected chi connectivity index (χ3v) is 4.94. The maximum absolute atomic E-state index is 13.3. The predicted octanol–water partition coefficient (Wildman–Crippen LogP) is 3.34. The molecule has 1 aliphatic heterocycles. The molecule has 3 rings (SSSR count). The van der Waals surface area contributed by atoms with E-state index in [0.717, 1.165) is 19.2 Å². The van der Waals surface area contributed by atoms with E-state index in [0.29, 0.717) is 6.07 Å². The zero-order chi connectivity index (χ0) is 21.6. The highest BCUT2D eigenvalue weighted by Gasteiger charge is 2.55. The van der Waals surface area contributed by atoms with Gasteiger partial charge in [-0.25, -0.2) is 0 Å². The number of fused-ring (bicyclic) bond motifs is 1. The van der Waals surface area contributed by atoms with Crippen molar-refractivity contribution < 1.29 is 37.3 Å². The Hall–Kier alpha value is -2.78. The molecule has 10 heteroatoms. The third kappa shape index (κ3) is 3.40. The molecule has 1 amide bonds. The summed E-state index contributed by atoms with van der Waals surface area (Å²) in [6.45, 7) is 0. The smallest absolute Gasteiger partial charge is 0.416 e. The second-order valence-corrected chi connectivity index (χ2v) is 6.75. The van der Waals surface area contributed by atoms with Crippen molar-refractivity contribution >= 4 is 29.2 Å². The van der Waals surface area contributed by atoms with Crippen LogP contribution in [0.15, 0.2) is 36.4 Å². The number of anilines is 1. The van der Waals surface area contributed by atoms with Gasteiger partial charge in [-0.05, 0) is 36.4 Å². The first kappa shape index (κ1) is 20.9. The van der Waals surface area contributed by atoms with E-state index in [1.54, 1.807) is 0 Å². The van der Waals surface area contributed by atoms with Crippen LogP contribution in [0.4, 0.5) is 18.9 Å². The van der Waals surface area contributed by atoms with Gasteiger partial charge in [-0.3, -0.25) is 9.59 Å². The molecule has 2 aromatic carbocycles. The number of ether oxygens (including phenoxy) is 2. The van der Waals surface area contributed by atoms with Crippen LogP contribution in [0.2, 0.25) is 5.02 Å². The molecule has 0 saturated heterocycles. The van der Waals surface area contributed by atoms with Crippen LogP contribution in [0.25, 0.3) is 0 Å². The fraction of sp³-hybridized carbons (Fsp3) is 0.263. The SMILES string of the molecule is COC(=O)C1C(=O)Nc2ccc(C(F)(F)F)cc2C1(O)c1cc(Cl)ccc1OC. The second-order valence-electron chi connectivity index (χ2n) is 6.31. The van der Waals surface area contributed by atoms with Crippen molar-refractivity contribution in [1.29, 1.82) is 0 Å². The molecule has 2 aromatic rings. The molecule has 2 N–H and O–H groups in total. The number of nitrogens with one attached hydrogen (secondary N) is 1. The predicted molar refractivity (Wildman–Crippen MR) is 96.6 cm³/mol. The van der Waals surface area contributed by atoms with Crippen LogP contribution in [0.5, 0.6) is 5.75 Å². The van der Waals surface area contributed by atoms with Crippen molar-refractivity contribution in [2.45, 2.75) is 11.8 Å². The number of halogens is 4. The lowest BCUT2D eigenvalue weighted by molar-refractivity contribution is -0.158. The van der Waals surface area contributed by atoms with Crippen LogP contribution in [-0.4, -0.2) is 31.2 Å². The van der Waals surface area contributed by atoms with Crippen LogP contribution < -0.4 is 10.1 Å². The van der Waals surface area contributed by atoms with Gasteiger partial charge in [0.05, 0.1) is 19.8 Å². The van der Waals surface area contributed by atoms with Crippen molar-refractivity contribution in [1.82, 2.24) is 0 Å². The minimum Gasteiger partial charge on any atom is -0.496 e. The Morgan fingerprint density at radius 1 is 1.17 bits per heavy atom. The first-order chi connectivity index (χ1) is 13.5. The number of alkyl halides is 3. The highest BCUT2D eigenvalue weighted by molar-refractivity contribution is 6.30. The average molecular weight is 430 g/mol. The van der Waals surface area contributed by atoms with E-state index in [2.05, 4.69) is 10.1 Å². The number of amides is 1. The molecule has 1 heterocycles. The summed E-state index contributed by atoms with van der Waals surface area (Å²) in [7, 11) is 2.26. The van der Waals surface area contributed by atoms with E-state index < -0.39 is 35.1 Å². The third-order valence-electron chi connectivity index (χ3n) is 4.70. The van der Waals surface area contributed by atoms with Gasteiger partial charge in [-0.15, -0.1) is 0 Å². The van der Waals surface area contributed by atoms with Crippen LogP contribution in [0.3, 0.4) is 0 Å². The topological polar surface area (TPSA) is 84.9 Å².